The molecule has 0 bridgehead atoms. The van der Waals surface area contributed by atoms with Gasteiger partial charge >= 0.3 is 0 Å². The molecule has 12 heteroatoms. The van der Waals surface area contributed by atoms with Crippen LogP contribution >= 0.6 is 11.8 Å². The third kappa shape index (κ3) is 5.55. The smallest absolute Gasteiger partial charge is 0.236 e. The molecule has 0 unspecified atom stereocenters. The van der Waals surface area contributed by atoms with Gasteiger partial charge in [-0.15, -0.1) is 0 Å². The number of hydrogen-bond acceptors (Lipinski definition) is 10. The molecule has 3 heterocycles. The summed E-state index contributed by atoms with van der Waals surface area (Å²) in [5.41, 5.74) is 2.67. The second-order valence-electron chi connectivity index (χ2n) is 8.60. The Hall–Kier alpha value is -3.22. The maximum Gasteiger partial charge on any atom is 0.236 e. The van der Waals surface area contributed by atoms with Crippen molar-refractivity contribution in [3.8, 4) is 0 Å². The number of halogens is 1. The second kappa shape index (κ2) is 10.6. The average Bonchev–Trinajstić information content (AvgIpc) is 2.87. The van der Waals surface area contributed by atoms with Crippen molar-refractivity contribution in [2.45, 2.75) is 55.9 Å². The number of benzene rings is 1. The van der Waals surface area contributed by atoms with Crippen LogP contribution in [0.5, 0.6) is 0 Å². The minimum atomic E-state index is -0.339. The van der Waals surface area contributed by atoms with Crippen molar-refractivity contribution in [1.29, 1.82) is 0 Å². The molecule has 0 saturated heterocycles. The van der Waals surface area contributed by atoms with Crippen LogP contribution in [0.3, 0.4) is 0 Å². The molecule has 182 valence electrons. The molecule has 2 aromatic heterocycles. The Balaban J connectivity index is 1.14. The summed E-state index contributed by atoms with van der Waals surface area (Å²) >= 11 is 1.40. The zero-order valence-electron chi connectivity index (χ0n) is 18.9. The number of anilines is 1. The van der Waals surface area contributed by atoms with Gasteiger partial charge in [-0.2, -0.15) is 0 Å². The van der Waals surface area contributed by atoms with E-state index in [2.05, 4.69) is 41.0 Å². The summed E-state index contributed by atoms with van der Waals surface area (Å²) in [6, 6.07) is 3.63. The summed E-state index contributed by atoms with van der Waals surface area (Å²) in [4.78, 5) is 29.2. The largest absolute Gasteiger partial charge is 0.411 e. The van der Waals surface area contributed by atoms with E-state index in [4.69, 9.17) is 5.21 Å². The minimum absolute atomic E-state index is 0.0531. The number of amides is 1. The van der Waals surface area contributed by atoms with Crippen LogP contribution in [0.1, 0.15) is 42.6 Å². The fourth-order valence-electron chi connectivity index (χ4n) is 4.40. The highest BCUT2D eigenvalue weighted by molar-refractivity contribution is 8.00. The lowest BCUT2D eigenvalue weighted by Gasteiger charge is -2.30. The van der Waals surface area contributed by atoms with E-state index >= 15 is 0 Å². The Kier molecular flexibility index (Phi) is 7.11. The number of nitrogens with zero attached hydrogens (tertiary/aromatic N) is 5. The topological polar surface area (TPSA) is 137 Å². The van der Waals surface area contributed by atoms with Gasteiger partial charge < -0.3 is 21.2 Å². The first kappa shape index (κ1) is 23.5. The van der Waals surface area contributed by atoms with Gasteiger partial charge in [0.25, 0.3) is 0 Å². The van der Waals surface area contributed by atoms with Gasteiger partial charge in [0, 0.05) is 30.7 Å². The van der Waals surface area contributed by atoms with Gasteiger partial charge in [-0.3, -0.25) is 9.78 Å². The quantitative estimate of drug-likeness (QED) is 0.221. The Morgan fingerprint density at radius 3 is 2.66 bits per heavy atom. The molecular weight excluding hydrogens is 471 g/mol. The number of fused-ring (bicyclic) bond motifs is 2. The number of carbonyl (C=O) groups excluding carboxylic acids is 1. The molecule has 1 fully saturated rings. The van der Waals surface area contributed by atoms with E-state index in [0.29, 0.717) is 53.0 Å². The molecule has 35 heavy (non-hydrogen) atoms. The molecule has 1 amide bonds. The lowest BCUT2D eigenvalue weighted by molar-refractivity contribution is -0.113. The number of hydrogen-bond donors (Lipinski definition) is 4. The fourth-order valence-corrected chi connectivity index (χ4v) is 5.10. The first-order chi connectivity index (χ1) is 17.1. The van der Waals surface area contributed by atoms with Gasteiger partial charge in [0.15, 0.2) is 5.82 Å². The van der Waals surface area contributed by atoms with Gasteiger partial charge in [-0.05, 0) is 37.8 Å². The Labute approximate surface area is 205 Å². The summed E-state index contributed by atoms with van der Waals surface area (Å²) in [6.45, 7) is 0.928. The Bertz CT molecular complexity index is 1270. The van der Waals surface area contributed by atoms with Gasteiger partial charge in [-0.25, -0.2) is 19.3 Å². The standard InChI is InChI=1S/C23H25FN8O2S/c24-18-5-6-19-21(30-16(8-27-19)10-29-34)17(18)11-26-14-3-1-13(2-4-14)25-7-15-9-28-23-22(31-15)32-20(33)12-35-23/h5-6,8-10,13-14,25-26,34H,1-4,7,11-12H2,(H,31,32,33)/b29-10+. The van der Waals surface area contributed by atoms with E-state index < -0.39 is 0 Å². The van der Waals surface area contributed by atoms with E-state index in [9.17, 15) is 9.18 Å². The van der Waals surface area contributed by atoms with Crippen molar-refractivity contribution in [3.63, 3.8) is 0 Å². The molecule has 10 nitrogen and oxygen atoms in total. The highest BCUT2D eigenvalue weighted by Gasteiger charge is 2.22. The first-order valence-corrected chi connectivity index (χ1v) is 12.4. The number of aromatic nitrogens is 4. The maximum absolute atomic E-state index is 14.6. The average molecular weight is 497 g/mol. The van der Waals surface area contributed by atoms with Crippen molar-refractivity contribution in [3.05, 3.63) is 47.3 Å². The van der Waals surface area contributed by atoms with Crippen LogP contribution in [-0.2, 0) is 17.9 Å². The molecular formula is C23H25FN8O2S. The van der Waals surface area contributed by atoms with Crippen molar-refractivity contribution >= 4 is 40.7 Å². The van der Waals surface area contributed by atoms with Crippen molar-refractivity contribution in [1.82, 2.24) is 30.6 Å². The molecule has 1 aromatic carbocycles. The molecule has 0 spiro atoms. The van der Waals surface area contributed by atoms with Gasteiger partial charge in [0.05, 0.1) is 41.1 Å². The van der Waals surface area contributed by atoms with E-state index in [1.165, 1.54) is 30.2 Å². The normalized spacial score (nSPS) is 20.2. The number of carbonyl (C=O) groups is 1. The molecule has 2 aliphatic rings. The van der Waals surface area contributed by atoms with Crippen molar-refractivity contribution < 1.29 is 14.4 Å². The number of oxime groups is 1. The lowest BCUT2D eigenvalue weighted by Crippen LogP contribution is -2.39. The summed E-state index contributed by atoms with van der Waals surface area (Å²) in [5, 5.41) is 22.3. The van der Waals surface area contributed by atoms with Gasteiger partial charge in [0.2, 0.25) is 5.91 Å². The van der Waals surface area contributed by atoms with Crippen molar-refractivity contribution in [2.75, 3.05) is 11.1 Å². The van der Waals surface area contributed by atoms with Crippen LogP contribution in [-0.4, -0.2) is 55.1 Å². The number of nitrogens with one attached hydrogen (secondary N) is 3. The van der Waals surface area contributed by atoms with Crippen LogP contribution in [0.2, 0.25) is 0 Å². The van der Waals surface area contributed by atoms with Crippen LogP contribution in [0.4, 0.5) is 10.2 Å². The third-order valence-electron chi connectivity index (χ3n) is 6.22. The molecule has 1 saturated carbocycles. The molecule has 5 rings (SSSR count). The summed E-state index contributed by atoms with van der Waals surface area (Å²) in [5.74, 6) is 0.520. The summed E-state index contributed by atoms with van der Waals surface area (Å²) < 4.78 is 14.6. The monoisotopic (exact) mass is 496 g/mol. The zero-order chi connectivity index (χ0) is 24.2. The maximum atomic E-state index is 14.6. The number of rotatable bonds is 7. The molecule has 4 N–H and O–H groups in total. The van der Waals surface area contributed by atoms with Crippen LogP contribution < -0.4 is 16.0 Å². The van der Waals surface area contributed by atoms with Gasteiger partial charge in [-0.1, -0.05) is 16.9 Å². The predicted octanol–water partition coefficient (Wildman–Crippen LogP) is 2.60. The molecule has 1 aliphatic heterocycles. The highest BCUT2D eigenvalue weighted by atomic mass is 32.2. The SMILES string of the molecule is O=C1CSc2ncc(CNC3CCC(NCc4c(F)ccc5ncc(/C=N/O)nc45)CC3)nc2N1. The Morgan fingerprint density at radius 2 is 1.89 bits per heavy atom. The third-order valence-corrected chi connectivity index (χ3v) is 7.20. The summed E-state index contributed by atoms with van der Waals surface area (Å²) in [7, 11) is 0. The van der Waals surface area contributed by atoms with E-state index in [-0.39, 0.29) is 17.8 Å². The molecule has 3 aromatic rings. The van der Waals surface area contributed by atoms with E-state index in [1.807, 2.05) is 0 Å². The zero-order valence-corrected chi connectivity index (χ0v) is 19.7. The fraction of sp³-hybridized carbons (Fsp3) is 0.391. The molecule has 0 atom stereocenters. The van der Waals surface area contributed by atoms with E-state index in [1.54, 1.807) is 12.3 Å². The molecule has 1 aliphatic carbocycles. The minimum Gasteiger partial charge on any atom is -0.411 e. The van der Waals surface area contributed by atoms with Gasteiger partial charge in [0.1, 0.15) is 16.5 Å². The molecule has 0 radical (unpaired) electrons. The number of thioether (sulfide) groups is 1. The highest BCUT2D eigenvalue weighted by Crippen LogP contribution is 2.27. The van der Waals surface area contributed by atoms with Crippen LogP contribution in [0.25, 0.3) is 11.0 Å². The lowest BCUT2D eigenvalue weighted by atomic mass is 9.91. The van der Waals surface area contributed by atoms with Crippen LogP contribution in [0.15, 0.2) is 34.7 Å². The first-order valence-electron chi connectivity index (χ1n) is 11.5. The predicted molar refractivity (Wildman–Crippen MR) is 130 cm³/mol. The second-order valence-corrected chi connectivity index (χ2v) is 9.56. The summed E-state index contributed by atoms with van der Waals surface area (Å²) in [6.07, 6.45) is 8.29. The van der Waals surface area contributed by atoms with E-state index in [0.717, 1.165) is 36.4 Å². The van der Waals surface area contributed by atoms with Crippen molar-refractivity contribution in [2.24, 2.45) is 5.16 Å². The Morgan fingerprint density at radius 1 is 1.11 bits per heavy atom. The van der Waals surface area contributed by atoms with Crippen LogP contribution in [0, 0.1) is 5.82 Å².